The Kier molecular flexibility index (Phi) is 11.8. The van der Waals surface area contributed by atoms with Crippen molar-refractivity contribution < 1.29 is 35.9 Å². The predicted molar refractivity (Wildman–Crippen MR) is 202 cm³/mol. The Morgan fingerprint density at radius 2 is 0.929 bits per heavy atom. The molecule has 56 heavy (non-hydrogen) atoms. The van der Waals surface area contributed by atoms with E-state index in [2.05, 4.69) is 30.6 Å². The molecule has 2 amide bonds. The van der Waals surface area contributed by atoms with Gasteiger partial charge in [0, 0.05) is 48.3 Å². The lowest BCUT2D eigenvalue weighted by Gasteiger charge is -2.34. The van der Waals surface area contributed by atoms with Gasteiger partial charge in [0.2, 0.25) is 23.7 Å². The van der Waals surface area contributed by atoms with E-state index in [9.17, 15) is 35.9 Å². The van der Waals surface area contributed by atoms with Gasteiger partial charge >= 0.3 is 0 Å². The van der Waals surface area contributed by atoms with Crippen molar-refractivity contribution in [3.05, 3.63) is 72.6 Å². The number of aromatic nitrogens is 4. The number of imidazole rings is 2. The number of hydrogen-bond acceptors (Lipinski definition) is 4. The van der Waals surface area contributed by atoms with E-state index in [-0.39, 0.29) is 63.2 Å². The summed E-state index contributed by atoms with van der Waals surface area (Å²) in [4.78, 5) is 41.7. The van der Waals surface area contributed by atoms with Gasteiger partial charge in [0.25, 0.3) is 0 Å². The van der Waals surface area contributed by atoms with E-state index in [1.54, 1.807) is 40.1 Å². The number of halogens is 6. The first-order valence-electron chi connectivity index (χ1n) is 19.2. The molecule has 0 radical (unpaired) electrons. The fourth-order valence-electron chi connectivity index (χ4n) is 7.49. The highest BCUT2D eigenvalue weighted by atomic mass is 19.3. The van der Waals surface area contributed by atoms with E-state index in [1.165, 1.54) is 0 Å². The lowest BCUT2D eigenvalue weighted by molar-refractivity contribution is -0.132. The van der Waals surface area contributed by atoms with Crippen LogP contribution >= 0.6 is 0 Å². The molecular weight excluding hydrogens is 734 g/mol. The minimum Gasteiger partial charge on any atom is -0.345 e. The van der Waals surface area contributed by atoms with Crippen molar-refractivity contribution in [2.45, 2.75) is 103 Å². The van der Waals surface area contributed by atoms with Crippen molar-refractivity contribution in [1.82, 2.24) is 30.6 Å². The number of nitrogens with zero attached hydrogens (tertiary/aromatic N) is 2. The molecule has 2 aliphatic rings. The third kappa shape index (κ3) is 9.32. The number of benzene rings is 2. The minimum absolute atomic E-state index is 0.0717. The second-order valence-corrected chi connectivity index (χ2v) is 16.9. The van der Waals surface area contributed by atoms with Gasteiger partial charge in [-0.25, -0.2) is 27.5 Å². The fraction of sp³-hybridized carbons (Fsp3) is 0.524. The van der Waals surface area contributed by atoms with Crippen LogP contribution in [0.5, 0.6) is 0 Å². The second kappa shape index (κ2) is 16.1. The van der Waals surface area contributed by atoms with E-state index < -0.39 is 59.9 Å². The van der Waals surface area contributed by atoms with E-state index >= 15 is 0 Å². The quantitative estimate of drug-likeness (QED) is 0.101. The van der Waals surface area contributed by atoms with Crippen LogP contribution in [0.3, 0.4) is 0 Å². The Bertz CT molecular complexity index is 1810. The summed E-state index contributed by atoms with van der Waals surface area (Å²) in [6.07, 6.45) is 2.14. The number of H-pyrrole nitrogens is 2. The van der Waals surface area contributed by atoms with Gasteiger partial charge < -0.3 is 20.6 Å². The smallest absolute Gasteiger partial charge is 0.248 e. The second-order valence-electron chi connectivity index (χ2n) is 16.9. The number of amides is 2. The van der Waals surface area contributed by atoms with Crippen molar-refractivity contribution in [2.75, 3.05) is 13.3 Å². The van der Waals surface area contributed by atoms with Gasteiger partial charge in [-0.15, -0.1) is 0 Å². The third-order valence-corrected chi connectivity index (χ3v) is 11.5. The average molecular weight is 785 g/mol. The van der Waals surface area contributed by atoms with Gasteiger partial charge in [0.1, 0.15) is 11.6 Å². The van der Waals surface area contributed by atoms with Crippen LogP contribution in [0.25, 0.3) is 33.6 Å². The molecule has 0 spiro atoms. The van der Waals surface area contributed by atoms with E-state index in [0.29, 0.717) is 23.0 Å². The molecule has 0 unspecified atom stereocenters. The van der Waals surface area contributed by atoms with Crippen LogP contribution in [0.4, 0.5) is 26.3 Å². The van der Waals surface area contributed by atoms with Crippen molar-refractivity contribution in [3.63, 3.8) is 0 Å². The Morgan fingerprint density at radius 1 is 0.625 bits per heavy atom. The number of rotatable bonds is 13. The maximum absolute atomic E-state index is 14.2. The van der Waals surface area contributed by atoms with Gasteiger partial charge in [-0.3, -0.25) is 18.4 Å². The van der Waals surface area contributed by atoms with Gasteiger partial charge in [0.15, 0.2) is 0 Å². The molecule has 2 aromatic carbocycles. The number of carbonyl (C=O) groups is 2. The van der Waals surface area contributed by atoms with E-state index in [4.69, 9.17) is 0 Å². The minimum atomic E-state index is -2.76. The lowest BCUT2D eigenvalue weighted by Crippen LogP contribution is -2.43. The number of nitrogens with one attached hydrogen (secondary N) is 4. The standard InChI is InChI=1S/C42H50F6N6O2/c1-39(2,23-43)33(53-37(55)29-13-17-41(45,46)18-14-29)35-49-21-31(51-35)27-9-5-25(6-10-27)26-7-11-28(12-8-26)32-22-50-36(52-32)34(40(3,4)24-44)54-38(56)30-15-19-42(47,48)20-16-30/h5-12,21-22,29-30,33-34H,13-20,23-24H2,1-4H3,(H,49,51)(H,50,52)(H,53,55)(H,54,56)/t33-,34-/m1/s1. The molecule has 8 nitrogen and oxygen atoms in total. The summed E-state index contributed by atoms with van der Waals surface area (Å²) in [6.45, 7) is 5.23. The van der Waals surface area contributed by atoms with E-state index in [0.717, 1.165) is 22.3 Å². The monoisotopic (exact) mass is 784 g/mol. The zero-order valence-electron chi connectivity index (χ0n) is 32.1. The maximum atomic E-state index is 14.2. The fourth-order valence-corrected chi connectivity index (χ4v) is 7.49. The highest BCUT2D eigenvalue weighted by Gasteiger charge is 2.42. The molecule has 302 valence electrons. The summed E-state index contributed by atoms with van der Waals surface area (Å²) in [7, 11) is 0. The van der Waals surface area contributed by atoms with Crippen LogP contribution in [0.15, 0.2) is 60.9 Å². The predicted octanol–water partition coefficient (Wildman–Crippen LogP) is 10.1. The summed E-state index contributed by atoms with van der Waals surface area (Å²) in [5.41, 5.74) is 2.78. The Morgan fingerprint density at radius 3 is 1.23 bits per heavy atom. The molecule has 2 fully saturated rings. The first-order chi connectivity index (χ1) is 26.4. The molecule has 4 aromatic rings. The van der Waals surface area contributed by atoms with Crippen molar-refractivity contribution in [2.24, 2.45) is 22.7 Å². The van der Waals surface area contributed by atoms with Gasteiger partial charge in [-0.05, 0) is 47.9 Å². The average Bonchev–Trinajstić information content (AvgIpc) is 3.87. The summed E-state index contributed by atoms with van der Waals surface area (Å²) in [5, 5.41) is 5.79. The molecule has 2 saturated carbocycles. The van der Waals surface area contributed by atoms with Gasteiger partial charge in [0.05, 0.1) is 49.2 Å². The molecule has 2 aliphatic carbocycles. The van der Waals surface area contributed by atoms with Crippen LogP contribution in [0.2, 0.25) is 0 Å². The maximum Gasteiger partial charge on any atom is 0.248 e. The number of carbonyl (C=O) groups excluding carboxylic acids is 2. The molecule has 4 N–H and O–H groups in total. The van der Waals surface area contributed by atoms with Crippen LogP contribution in [0.1, 0.15) is 103 Å². The highest BCUT2D eigenvalue weighted by molar-refractivity contribution is 5.80. The highest BCUT2D eigenvalue weighted by Crippen LogP contribution is 2.40. The van der Waals surface area contributed by atoms with Crippen molar-refractivity contribution in [3.8, 4) is 33.6 Å². The zero-order valence-corrected chi connectivity index (χ0v) is 32.1. The molecule has 6 rings (SSSR count). The normalized spacial score (nSPS) is 19.0. The first-order valence-corrected chi connectivity index (χ1v) is 19.2. The van der Waals surface area contributed by atoms with Crippen molar-refractivity contribution >= 4 is 11.8 Å². The topological polar surface area (TPSA) is 116 Å². The molecule has 0 saturated heterocycles. The molecule has 0 aliphatic heterocycles. The molecule has 0 bridgehead atoms. The lowest BCUT2D eigenvalue weighted by atomic mass is 9.83. The van der Waals surface area contributed by atoms with Gasteiger partial charge in [-0.1, -0.05) is 76.2 Å². The molecule has 2 atom stereocenters. The largest absolute Gasteiger partial charge is 0.345 e. The Balaban J connectivity index is 1.12. The third-order valence-electron chi connectivity index (χ3n) is 11.5. The van der Waals surface area contributed by atoms with Crippen LogP contribution in [-0.2, 0) is 9.59 Å². The zero-order chi connectivity index (χ0) is 40.5. The summed E-state index contributed by atoms with van der Waals surface area (Å²) >= 11 is 0. The Hall–Kier alpha value is -4.62. The molecule has 2 aromatic heterocycles. The van der Waals surface area contributed by atoms with E-state index in [1.807, 2.05) is 48.5 Å². The molecular formula is C42H50F6N6O2. The first kappa shape index (κ1) is 41.0. The number of alkyl halides is 6. The van der Waals surface area contributed by atoms with Crippen molar-refractivity contribution in [1.29, 1.82) is 0 Å². The summed E-state index contributed by atoms with van der Waals surface area (Å²) in [6, 6.07) is 13.8. The molecule has 2 heterocycles. The van der Waals surface area contributed by atoms with Crippen LogP contribution < -0.4 is 10.6 Å². The number of aromatic amines is 2. The number of hydrogen-bond donors (Lipinski definition) is 4. The van der Waals surface area contributed by atoms with Crippen LogP contribution in [-0.4, -0.2) is 56.9 Å². The SMILES string of the molecule is CC(C)(CF)[C@H](NC(=O)C1CCC(F)(F)CC1)c1ncc(-c2ccc(-c3ccc(-c4cnc([C@@H](NC(=O)C5CCC(F)(F)CC5)C(C)(C)CF)[nH]4)cc3)cc2)[nH]1. The van der Waals surface area contributed by atoms with Crippen LogP contribution in [0, 0.1) is 22.7 Å². The summed E-state index contributed by atoms with van der Waals surface area (Å²) < 4.78 is 83.2. The summed E-state index contributed by atoms with van der Waals surface area (Å²) in [5.74, 6) is -6.67. The Labute approximate surface area is 323 Å². The van der Waals surface area contributed by atoms with Gasteiger partial charge in [-0.2, -0.15) is 0 Å². The molecule has 14 heteroatoms.